The summed E-state index contributed by atoms with van der Waals surface area (Å²) in [6, 6.07) is 7.36. The van der Waals surface area contributed by atoms with Gasteiger partial charge in [-0.25, -0.2) is 0 Å². The Morgan fingerprint density at radius 2 is 1.33 bits per heavy atom. The van der Waals surface area contributed by atoms with Crippen LogP contribution in [0.4, 0.5) is 11.4 Å². The summed E-state index contributed by atoms with van der Waals surface area (Å²) in [7, 11) is 0. The molecule has 8 heteroatoms. The number of aliphatic hydroxyl groups is 1. The fourth-order valence-corrected chi connectivity index (χ4v) is 3.83. The van der Waals surface area contributed by atoms with Crippen molar-refractivity contribution in [2.24, 2.45) is 0 Å². The molecule has 0 heterocycles. The Bertz CT molecular complexity index is 1280. The maximum absolute atomic E-state index is 13.3. The van der Waals surface area contributed by atoms with E-state index in [9.17, 15) is 30.0 Å². The maximum atomic E-state index is 13.3. The summed E-state index contributed by atoms with van der Waals surface area (Å²) in [6.45, 7) is 1.08. The summed E-state index contributed by atoms with van der Waals surface area (Å²) in [5, 5.41) is 41.1. The van der Waals surface area contributed by atoms with Gasteiger partial charge in [0.2, 0.25) is 11.6 Å². The largest absolute Gasteiger partial charge is 0.507 e. The number of phenolic OH excluding ortho intramolecular Hbond substituents is 2. The molecule has 0 saturated heterocycles. The topological polar surface area (TPSA) is 167 Å². The summed E-state index contributed by atoms with van der Waals surface area (Å²) in [4.78, 5) is 26.4. The van der Waals surface area contributed by atoms with Crippen molar-refractivity contribution in [3.63, 3.8) is 0 Å². The summed E-state index contributed by atoms with van der Waals surface area (Å²) in [6.07, 6.45) is 0. The second-order valence-electron chi connectivity index (χ2n) is 7.12. The second kappa shape index (κ2) is 6.50. The first-order valence-electron chi connectivity index (χ1n) is 8.97. The van der Waals surface area contributed by atoms with Crippen LogP contribution in [0.15, 0.2) is 30.3 Å². The van der Waals surface area contributed by atoms with Crippen LogP contribution in [0.3, 0.4) is 0 Å². The molecule has 8 N–H and O–H groups in total. The van der Waals surface area contributed by atoms with Crippen molar-refractivity contribution in [1.29, 1.82) is 0 Å². The van der Waals surface area contributed by atoms with Crippen LogP contribution in [-0.2, 0) is 6.61 Å². The first-order valence-corrected chi connectivity index (χ1v) is 8.97. The van der Waals surface area contributed by atoms with Gasteiger partial charge in [0.05, 0.1) is 28.9 Å². The average Bonchev–Trinajstić information content (AvgIpc) is 2.71. The fourth-order valence-electron chi connectivity index (χ4n) is 3.83. The SMILES string of the molecule is Cc1cccc(-c2cc(N)c3c(c2O)C(=O)c2c(N)cc(CO)c(O)c2C3=O)c1O. The molecule has 0 aromatic heterocycles. The first-order chi connectivity index (χ1) is 14.2. The number of hydrogen-bond acceptors (Lipinski definition) is 8. The Labute approximate surface area is 170 Å². The summed E-state index contributed by atoms with van der Waals surface area (Å²) in [5.41, 5.74) is 11.3. The molecule has 4 rings (SSSR count). The number of ketones is 2. The van der Waals surface area contributed by atoms with E-state index in [0.717, 1.165) is 0 Å². The third-order valence-corrected chi connectivity index (χ3v) is 5.35. The van der Waals surface area contributed by atoms with Gasteiger partial charge in [0, 0.05) is 28.1 Å². The molecule has 1 aliphatic carbocycles. The van der Waals surface area contributed by atoms with E-state index in [1.54, 1.807) is 25.1 Å². The van der Waals surface area contributed by atoms with Gasteiger partial charge in [-0.15, -0.1) is 0 Å². The van der Waals surface area contributed by atoms with E-state index >= 15 is 0 Å². The van der Waals surface area contributed by atoms with Crippen LogP contribution >= 0.6 is 0 Å². The Kier molecular flexibility index (Phi) is 4.18. The summed E-state index contributed by atoms with van der Waals surface area (Å²) in [5.74, 6) is -2.80. The number of nitrogens with two attached hydrogens (primary N) is 2. The number of aryl methyl sites for hydroxylation is 1. The Balaban J connectivity index is 2.06. The third-order valence-electron chi connectivity index (χ3n) is 5.35. The summed E-state index contributed by atoms with van der Waals surface area (Å²) < 4.78 is 0. The molecule has 0 aliphatic heterocycles. The number of carbonyl (C=O) groups excluding carboxylic acids is 2. The minimum absolute atomic E-state index is 0.0139. The highest BCUT2D eigenvalue weighted by Gasteiger charge is 2.39. The summed E-state index contributed by atoms with van der Waals surface area (Å²) >= 11 is 0. The van der Waals surface area contributed by atoms with Gasteiger partial charge in [0.25, 0.3) is 0 Å². The van der Waals surface area contributed by atoms with E-state index in [4.69, 9.17) is 11.5 Å². The monoisotopic (exact) mass is 406 g/mol. The lowest BCUT2D eigenvalue weighted by Crippen LogP contribution is -2.25. The number of aromatic hydroxyl groups is 3. The van der Waals surface area contributed by atoms with Crippen LogP contribution in [0.25, 0.3) is 11.1 Å². The zero-order valence-corrected chi connectivity index (χ0v) is 15.9. The number of anilines is 2. The predicted octanol–water partition coefficient (Wildman–Crippen LogP) is 2.21. The Hall–Kier alpha value is -4.04. The molecule has 0 fully saturated rings. The minimum Gasteiger partial charge on any atom is -0.507 e. The minimum atomic E-state index is -0.799. The standard InChI is InChI=1S/C22H18N2O6/c1-8-3-2-4-10(18(8)26)11-6-13(24)15-17(20(11)28)22(30)14-12(23)5-9(7-25)19(27)16(14)21(15)29/h2-6,25-28H,7,23-24H2,1H3. The van der Waals surface area contributed by atoms with E-state index in [-0.39, 0.29) is 56.1 Å². The van der Waals surface area contributed by atoms with Gasteiger partial charge in [-0.1, -0.05) is 18.2 Å². The number of fused-ring (bicyclic) bond motifs is 2. The van der Waals surface area contributed by atoms with E-state index < -0.39 is 29.7 Å². The highest BCUT2D eigenvalue weighted by atomic mass is 16.3. The van der Waals surface area contributed by atoms with Gasteiger partial charge in [0.15, 0.2) is 0 Å². The van der Waals surface area contributed by atoms with Crippen LogP contribution < -0.4 is 11.5 Å². The lowest BCUT2D eigenvalue weighted by molar-refractivity contribution is 0.0975. The quantitative estimate of drug-likeness (QED) is 0.218. The van der Waals surface area contributed by atoms with Crippen LogP contribution in [0.2, 0.25) is 0 Å². The fraction of sp³-hybridized carbons (Fsp3) is 0.0909. The predicted molar refractivity (Wildman–Crippen MR) is 110 cm³/mol. The Morgan fingerprint density at radius 1 is 0.767 bits per heavy atom. The second-order valence-corrected chi connectivity index (χ2v) is 7.12. The molecule has 0 saturated carbocycles. The lowest BCUT2D eigenvalue weighted by atomic mass is 9.79. The molecule has 8 nitrogen and oxygen atoms in total. The Morgan fingerprint density at radius 3 is 1.93 bits per heavy atom. The van der Waals surface area contributed by atoms with Gasteiger partial charge in [0.1, 0.15) is 17.2 Å². The zero-order valence-electron chi connectivity index (χ0n) is 15.9. The van der Waals surface area contributed by atoms with Crippen molar-refractivity contribution >= 4 is 22.9 Å². The van der Waals surface area contributed by atoms with E-state index in [1.807, 2.05) is 0 Å². The van der Waals surface area contributed by atoms with Gasteiger partial charge < -0.3 is 31.9 Å². The molecule has 30 heavy (non-hydrogen) atoms. The molecule has 0 amide bonds. The molecule has 0 spiro atoms. The normalized spacial score (nSPS) is 12.6. The number of benzene rings is 3. The van der Waals surface area contributed by atoms with Gasteiger partial charge >= 0.3 is 0 Å². The lowest BCUT2D eigenvalue weighted by Gasteiger charge is -2.24. The molecule has 0 bridgehead atoms. The highest BCUT2D eigenvalue weighted by Crippen LogP contribution is 2.47. The maximum Gasteiger partial charge on any atom is 0.200 e. The van der Waals surface area contributed by atoms with Crippen molar-refractivity contribution in [1.82, 2.24) is 0 Å². The number of para-hydroxylation sites is 1. The number of nitrogen functional groups attached to an aromatic ring is 2. The third kappa shape index (κ3) is 2.44. The molecule has 3 aromatic carbocycles. The van der Waals surface area contributed by atoms with Crippen LogP contribution in [-0.4, -0.2) is 32.0 Å². The number of hydrogen-bond donors (Lipinski definition) is 6. The average molecular weight is 406 g/mol. The van der Waals surface area contributed by atoms with Crippen molar-refractivity contribution in [3.8, 4) is 28.4 Å². The zero-order chi connectivity index (χ0) is 21.9. The molecular formula is C22H18N2O6. The molecule has 0 atom stereocenters. The van der Waals surface area contributed by atoms with E-state index in [0.29, 0.717) is 5.56 Å². The number of aliphatic hydroxyl groups excluding tert-OH is 1. The van der Waals surface area contributed by atoms with Gasteiger partial charge in [-0.3, -0.25) is 9.59 Å². The number of carbonyl (C=O) groups is 2. The van der Waals surface area contributed by atoms with Crippen LogP contribution in [0, 0.1) is 6.92 Å². The van der Waals surface area contributed by atoms with E-state index in [1.165, 1.54) is 12.1 Å². The molecule has 1 aliphatic rings. The number of rotatable bonds is 2. The van der Waals surface area contributed by atoms with Crippen LogP contribution in [0.5, 0.6) is 17.2 Å². The number of phenols is 3. The van der Waals surface area contributed by atoms with Gasteiger partial charge in [-0.05, 0) is 24.6 Å². The van der Waals surface area contributed by atoms with Crippen LogP contribution in [0.1, 0.15) is 43.0 Å². The van der Waals surface area contributed by atoms with Gasteiger partial charge in [-0.2, -0.15) is 0 Å². The van der Waals surface area contributed by atoms with Crippen molar-refractivity contribution in [2.45, 2.75) is 13.5 Å². The molecule has 152 valence electrons. The van der Waals surface area contributed by atoms with Crippen molar-refractivity contribution in [3.05, 3.63) is 63.7 Å². The molecular weight excluding hydrogens is 388 g/mol. The van der Waals surface area contributed by atoms with E-state index in [2.05, 4.69) is 0 Å². The molecule has 3 aromatic rings. The molecule has 0 radical (unpaired) electrons. The van der Waals surface area contributed by atoms with Crippen molar-refractivity contribution in [2.75, 3.05) is 11.5 Å². The highest BCUT2D eigenvalue weighted by molar-refractivity contribution is 6.34. The van der Waals surface area contributed by atoms with Crippen molar-refractivity contribution < 1.29 is 30.0 Å². The molecule has 0 unspecified atom stereocenters. The first kappa shape index (κ1) is 19.3. The smallest absolute Gasteiger partial charge is 0.200 e.